The van der Waals surface area contributed by atoms with Crippen LogP contribution >= 0.6 is 0 Å². The van der Waals surface area contributed by atoms with E-state index < -0.39 is 6.09 Å². The minimum absolute atomic E-state index is 0.197. The zero-order valence-electron chi connectivity index (χ0n) is 9.28. The fraction of sp³-hybridized carbons (Fsp3) is 0.273. The van der Waals surface area contributed by atoms with Crippen molar-refractivity contribution in [2.45, 2.75) is 6.42 Å². The van der Waals surface area contributed by atoms with Gasteiger partial charge in [-0.3, -0.25) is 4.79 Å². The maximum atomic E-state index is 11.6. The Hall–Kier alpha value is -2.24. The molecule has 0 saturated carbocycles. The van der Waals surface area contributed by atoms with Crippen molar-refractivity contribution in [3.63, 3.8) is 0 Å². The minimum Gasteiger partial charge on any atom is -0.489 e. The molecule has 17 heavy (non-hydrogen) atoms. The van der Waals surface area contributed by atoms with Gasteiger partial charge in [0, 0.05) is 24.6 Å². The Morgan fingerprint density at radius 1 is 1.47 bits per heavy atom. The monoisotopic (exact) mass is 236 g/mol. The second-order valence-electron chi connectivity index (χ2n) is 3.52. The van der Waals surface area contributed by atoms with Crippen molar-refractivity contribution < 1.29 is 19.1 Å². The van der Waals surface area contributed by atoms with Gasteiger partial charge in [0.1, 0.15) is 0 Å². The Morgan fingerprint density at radius 3 is 2.88 bits per heavy atom. The third kappa shape index (κ3) is 2.01. The predicted octanol–water partition coefficient (Wildman–Crippen LogP) is 0.439. The van der Waals surface area contributed by atoms with E-state index in [9.17, 15) is 9.59 Å². The summed E-state index contributed by atoms with van der Waals surface area (Å²) in [4.78, 5) is 22.3. The number of carbonyl (C=O) groups excluding carboxylic acids is 2. The molecule has 6 heteroatoms. The van der Waals surface area contributed by atoms with E-state index in [4.69, 9.17) is 15.2 Å². The average molecular weight is 236 g/mol. The van der Waals surface area contributed by atoms with Crippen molar-refractivity contribution in [1.29, 1.82) is 0 Å². The molecule has 0 bridgehead atoms. The van der Waals surface area contributed by atoms with Crippen molar-refractivity contribution in [2.24, 2.45) is 5.73 Å². The zero-order valence-corrected chi connectivity index (χ0v) is 9.28. The van der Waals surface area contributed by atoms with Gasteiger partial charge in [-0.15, -0.1) is 0 Å². The van der Waals surface area contributed by atoms with Crippen LogP contribution in [-0.4, -0.2) is 25.7 Å². The summed E-state index contributed by atoms with van der Waals surface area (Å²) in [7, 11) is 1.55. The highest BCUT2D eigenvalue weighted by atomic mass is 16.6. The first-order valence-electron chi connectivity index (χ1n) is 5.11. The lowest BCUT2D eigenvalue weighted by Crippen LogP contribution is -2.20. The van der Waals surface area contributed by atoms with E-state index in [1.165, 1.54) is 6.07 Å². The molecule has 0 atom stereocenters. The molecule has 1 heterocycles. The molecule has 0 fully saturated rings. The molecule has 90 valence electrons. The Morgan fingerprint density at radius 2 is 2.24 bits per heavy atom. The number of primary amides is 1. The van der Waals surface area contributed by atoms with E-state index in [-0.39, 0.29) is 11.7 Å². The second-order valence-corrected chi connectivity index (χ2v) is 3.52. The highest BCUT2D eigenvalue weighted by Crippen LogP contribution is 2.37. The third-order valence-electron chi connectivity index (χ3n) is 2.51. The SMILES string of the molecule is CNC(=O)c1ccc(OC(N)=O)c2c1CCO2. The minimum atomic E-state index is -0.907. The predicted molar refractivity (Wildman–Crippen MR) is 59.2 cm³/mol. The van der Waals surface area contributed by atoms with E-state index in [2.05, 4.69) is 5.32 Å². The quantitative estimate of drug-likeness (QED) is 0.779. The van der Waals surface area contributed by atoms with Gasteiger partial charge in [-0.05, 0) is 12.1 Å². The molecule has 2 amide bonds. The summed E-state index contributed by atoms with van der Waals surface area (Å²) in [5, 5.41) is 2.54. The van der Waals surface area contributed by atoms with Crippen molar-refractivity contribution in [2.75, 3.05) is 13.7 Å². The molecule has 0 radical (unpaired) electrons. The number of hydrogen-bond donors (Lipinski definition) is 2. The van der Waals surface area contributed by atoms with Crippen LogP contribution in [0, 0.1) is 0 Å². The van der Waals surface area contributed by atoms with Gasteiger partial charge in [-0.2, -0.15) is 0 Å². The summed E-state index contributed by atoms with van der Waals surface area (Å²) >= 11 is 0. The second kappa shape index (κ2) is 4.32. The van der Waals surface area contributed by atoms with Gasteiger partial charge < -0.3 is 20.5 Å². The molecule has 3 N–H and O–H groups in total. The zero-order chi connectivity index (χ0) is 12.4. The number of fused-ring (bicyclic) bond motifs is 1. The Labute approximate surface area is 97.7 Å². The maximum Gasteiger partial charge on any atom is 0.410 e. The summed E-state index contributed by atoms with van der Waals surface area (Å²) in [5.41, 5.74) is 6.21. The van der Waals surface area contributed by atoms with Gasteiger partial charge in [0.25, 0.3) is 5.91 Å². The van der Waals surface area contributed by atoms with Crippen LogP contribution < -0.4 is 20.5 Å². The van der Waals surface area contributed by atoms with Crippen molar-refractivity contribution in [3.05, 3.63) is 23.3 Å². The summed E-state index contributed by atoms with van der Waals surface area (Å²) in [6, 6.07) is 3.09. The Balaban J connectivity index is 2.45. The summed E-state index contributed by atoms with van der Waals surface area (Å²) in [5.74, 6) is 0.472. The first kappa shape index (κ1) is 11.3. The van der Waals surface area contributed by atoms with E-state index >= 15 is 0 Å². The number of nitrogens with two attached hydrogens (primary N) is 1. The molecule has 0 spiro atoms. The Kier molecular flexibility index (Phi) is 2.86. The number of ether oxygens (including phenoxy) is 2. The number of nitrogens with one attached hydrogen (secondary N) is 1. The van der Waals surface area contributed by atoms with Crippen LogP contribution in [0.3, 0.4) is 0 Å². The highest BCUT2D eigenvalue weighted by molar-refractivity contribution is 5.96. The van der Waals surface area contributed by atoms with Crippen LogP contribution in [0.2, 0.25) is 0 Å². The van der Waals surface area contributed by atoms with Crippen molar-refractivity contribution in [3.8, 4) is 11.5 Å². The third-order valence-corrected chi connectivity index (χ3v) is 2.51. The first-order valence-corrected chi connectivity index (χ1v) is 5.11. The summed E-state index contributed by atoms with van der Waals surface area (Å²) in [6.07, 6.45) is -0.302. The molecule has 1 aromatic carbocycles. The van der Waals surface area contributed by atoms with E-state index in [0.717, 1.165) is 5.56 Å². The van der Waals surface area contributed by atoms with Crippen molar-refractivity contribution >= 4 is 12.0 Å². The van der Waals surface area contributed by atoms with Gasteiger partial charge in [-0.25, -0.2) is 4.79 Å². The number of benzene rings is 1. The lowest BCUT2D eigenvalue weighted by molar-refractivity contribution is 0.0962. The topological polar surface area (TPSA) is 90.6 Å². The molecule has 0 unspecified atom stereocenters. The molecule has 1 aromatic rings. The fourth-order valence-electron chi connectivity index (χ4n) is 1.80. The van der Waals surface area contributed by atoms with E-state index in [1.54, 1.807) is 13.1 Å². The number of rotatable bonds is 2. The van der Waals surface area contributed by atoms with Gasteiger partial charge >= 0.3 is 6.09 Å². The van der Waals surface area contributed by atoms with Gasteiger partial charge in [0.2, 0.25) is 0 Å². The van der Waals surface area contributed by atoms with Crippen LogP contribution in [0.25, 0.3) is 0 Å². The average Bonchev–Trinajstić information content (AvgIpc) is 2.77. The van der Waals surface area contributed by atoms with Gasteiger partial charge in [0.05, 0.1) is 6.61 Å². The van der Waals surface area contributed by atoms with Crippen LogP contribution in [-0.2, 0) is 6.42 Å². The Bertz CT molecular complexity index is 485. The molecule has 0 saturated heterocycles. The molecule has 6 nitrogen and oxygen atoms in total. The lowest BCUT2D eigenvalue weighted by atomic mass is 10.0. The first-order chi connectivity index (χ1) is 8.13. The summed E-state index contributed by atoms with van der Waals surface area (Å²) in [6.45, 7) is 0.457. The van der Waals surface area contributed by atoms with Gasteiger partial charge in [0.15, 0.2) is 11.5 Å². The van der Waals surface area contributed by atoms with Crippen LogP contribution in [0.1, 0.15) is 15.9 Å². The number of carbonyl (C=O) groups is 2. The molecule has 2 rings (SSSR count). The molecular formula is C11H12N2O4. The van der Waals surface area contributed by atoms with E-state index in [0.29, 0.717) is 24.3 Å². The number of amides is 2. The molecule has 0 aromatic heterocycles. The fourth-order valence-corrected chi connectivity index (χ4v) is 1.80. The van der Waals surface area contributed by atoms with Crippen molar-refractivity contribution in [1.82, 2.24) is 5.32 Å². The van der Waals surface area contributed by atoms with Crippen LogP contribution in [0.15, 0.2) is 12.1 Å². The van der Waals surface area contributed by atoms with Crippen LogP contribution in [0.5, 0.6) is 11.5 Å². The maximum absolute atomic E-state index is 11.6. The van der Waals surface area contributed by atoms with Crippen LogP contribution in [0.4, 0.5) is 4.79 Å². The summed E-state index contributed by atoms with van der Waals surface area (Å²) < 4.78 is 10.2. The lowest BCUT2D eigenvalue weighted by Gasteiger charge is -2.09. The highest BCUT2D eigenvalue weighted by Gasteiger charge is 2.24. The molecule has 0 aliphatic carbocycles. The number of hydrogen-bond acceptors (Lipinski definition) is 4. The largest absolute Gasteiger partial charge is 0.489 e. The smallest absolute Gasteiger partial charge is 0.410 e. The normalized spacial score (nSPS) is 12.5. The van der Waals surface area contributed by atoms with Gasteiger partial charge in [-0.1, -0.05) is 0 Å². The molecular weight excluding hydrogens is 224 g/mol. The molecule has 1 aliphatic heterocycles. The molecule has 1 aliphatic rings. The van der Waals surface area contributed by atoms with E-state index in [1.807, 2.05) is 0 Å². The standard InChI is InChI=1S/C11H12N2O4/c1-13-10(14)7-2-3-8(17-11(12)15)9-6(7)4-5-16-9/h2-3H,4-5H2,1H3,(H2,12,15)(H,13,14).